The summed E-state index contributed by atoms with van der Waals surface area (Å²) in [6.07, 6.45) is 4.59. The van der Waals surface area contributed by atoms with Crippen LogP contribution in [0.2, 0.25) is 0 Å². The number of nitrogens with one attached hydrogen (secondary N) is 1. The molecule has 3 saturated heterocycles. The van der Waals surface area contributed by atoms with E-state index in [0.29, 0.717) is 30.5 Å². The van der Waals surface area contributed by atoms with Gasteiger partial charge in [-0.3, -0.25) is 0 Å². The fourth-order valence-electron chi connectivity index (χ4n) is 6.02. The number of benzene rings is 1. The van der Waals surface area contributed by atoms with E-state index in [4.69, 9.17) is 0 Å². The van der Waals surface area contributed by atoms with Gasteiger partial charge in [0.1, 0.15) is 12.6 Å². The molecule has 4 aliphatic heterocycles. The van der Waals surface area contributed by atoms with Gasteiger partial charge < -0.3 is 14.6 Å². The van der Waals surface area contributed by atoms with Crippen LogP contribution in [0.15, 0.2) is 35.9 Å². The largest absolute Gasteiger partial charge is 0.396 e. The minimum atomic E-state index is 0.324. The zero-order chi connectivity index (χ0) is 15.8. The Labute approximate surface area is 137 Å². The Balaban J connectivity index is 1.73. The molecule has 3 heteroatoms. The fourth-order valence-corrected chi connectivity index (χ4v) is 6.02. The monoisotopic (exact) mass is 309 g/mol. The molecule has 0 saturated carbocycles. The van der Waals surface area contributed by atoms with E-state index in [2.05, 4.69) is 49.3 Å². The molecule has 23 heavy (non-hydrogen) atoms. The molecule has 3 fully saturated rings. The van der Waals surface area contributed by atoms with E-state index in [1.165, 1.54) is 28.6 Å². The lowest BCUT2D eigenvalue weighted by atomic mass is 9.62. The minimum absolute atomic E-state index is 0.324. The highest BCUT2D eigenvalue weighted by Gasteiger charge is 2.61. The number of hydrogen-bond acceptors (Lipinski definition) is 1. The predicted molar refractivity (Wildman–Crippen MR) is 92.0 cm³/mol. The van der Waals surface area contributed by atoms with Gasteiger partial charge >= 0.3 is 0 Å². The SMILES string of the molecule is C/C=C1\C[N+]2(C)[C@H]3C[C@@H]1[C@H](CO)[C@@H]2Cc1c3[nH]c2ccccc12. The van der Waals surface area contributed by atoms with E-state index in [1.54, 1.807) is 5.57 Å². The first-order valence-corrected chi connectivity index (χ1v) is 8.87. The molecule has 5 heterocycles. The summed E-state index contributed by atoms with van der Waals surface area (Å²) >= 11 is 0. The molecule has 0 aliphatic carbocycles. The third-order valence-electron chi connectivity index (χ3n) is 7.13. The highest BCUT2D eigenvalue weighted by atomic mass is 16.3. The molecule has 120 valence electrons. The lowest BCUT2D eigenvalue weighted by Gasteiger charge is -2.62. The molecule has 2 N–H and O–H groups in total. The Morgan fingerprint density at radius 2 is 2.17 bits per heavy atom. The fraction of sp³-hybridized carbons (Fsp3) is 0.500. The van der Waals surface area contributed by atoms with Gasteiger partial charge in [0.25, 0.3) is 0 Å². The lowest BCUT2D eigenvalue weighted by Crippen LogP contribution is -2.70. The highest BCUT2D eigenvalue weighted by molar-refractivity contribution is 5.85. The summed E-state index contributed by atoms with van der Waals surface area (Å²) in [7, 11) is 2.42. The second-order valence-corrected chi connectivity index (χ2v) is 7.91. The summed E-state index contributed by atoms with van der Waals surface area (Å²) in [5.74, 6) is 0.984. The number of nitrogens with zero attached hydrogens (tertiary/aromatic N) is 1. The van der Waals surface area contributed by atoms with Crippen molar-refractivity contribution in [2.75, 3.05) is 20.2 Å². The van der Waals surface area contributed by atoms with E-state index < -0.39 is 0 Å². The summed E-state index contributed by atoms with van der Waals surface area (Å²) < 4.78 is 1.08. The molecule has 2 aromatic rings. The maximum atomic E-state index is 10.1. The van der Waals surface area contributed by atoms with E-state index in [9.17, 15) is 5.11 Å². The number of aliphatic hydroxyl groups excluding tert-OH is 1. The number of fused-ring (bicyclic) bond motifs is 4. The number of aromatic nitrogens is 1. The molecule has 5 atom stereocenters. The summed E-state index contributed by atoms with van der Waals surface area (Å²) in [5.41, 5.74) is 5.84. The van der Waals surface area contributed by atoms with Crippen molar-refractivity contribution in [3.05, 3.63) is 47.2 Å². The zero-order valence-corrected chi connectivity index (χ0v) is 13.9. The van der Waals surface area contributed by atoms with Crippen LogP contribution in [0.4, 0.5) is 0 Å². The molecule has 3 nitrogen and oxygen atoms in total. The molecule has 4 aliphatic rings. The number of H-pyrrole nitrogens is 1. The lowest BCUT2D eigenvalue weighted by molar-refractivity contribution is -0.978. The number of hydrogen-bond donors (Lipinski definition) is 2. The van der Waals surface area contributed by atoms with Crippen LogP contribution in [-0.4, -0.2) is 40.8 Å². The molecular formula is C20H25N2O+. The van der Waals surface area contributed by atoms with Gasteiger partial charge in [-0.25, -0.2) is 0 Å². The minimum Gasteiger partial charge on any atom is -0.396 e. The van der Waals surface area contributed by atoms with Gasteiger partial charge in [-0.15, -0.1) is 0 Å². The standard InChI is InChI=1S/C20H25N2O/c1-3-12-10-22(2)18-9-15-13-6-4-5-7-17(13)21-20(15)19(22)8-14(12)16(18)11-23/h3-7,14,16,18-19,21,23H,8-11H2,1-2H3/q+1/b12-3+/t14-,16-,18-,19-,22?/m0/s1. The number of aliphatic hydroxyl groups is 1. The van der Waals surface area contributed by atoms with Crippen LogP contribution in [0.25, 0.3) is 10.9 Å². The Morgan fingerprint density at radius 1 is 1.35 bits per heavy atom. The number of allylic oxidation sites excluding steroid dienone is 1. The Hall–Kier alpha value is -1.58. The van der Waals surface area contributed by atoms with Crippen molar-refractivity contribution < 1.29 is 9.59 Å². The summed E-state index contributed by atoms with van der Waals surface area (Å²) in [4.78, 5) is 3.75. The summed E-state index contributed by atoms with van der Waals surface area (Å²) in [6, 6.07) is 9.84. The van der Waals surface area contributed by atoms with Crippen molar-refractivity contribution in [1.29, 1.82) is 0 Å². The molecule has 4 bridgehead atoms. The summed E-state index contributed by atoms with van der Waals surface area (Å²) in [6.45, 7) is 3.65. The topological polar surface area (TPSA) is 36.0 Å². The van der Waals surface area contributed by atoms with Crippen LogP contribution in [0.5, 0.6) is 0 Å². The zero-order valence-electron chi connectivity index (χ0n) is 13.9. The second-order valence-electron chi connectivity index (χ2n) is 7.91. The average molecular weight is 309 g/mol. The number of piperidine rings is 3. The van der Waals surface area contributed by atoms with E-state index in [0.717, 1.165) is 17.4 Å². The third kappa shape index (κ3) is 1.57. The van der Waals surface area contributed by atoms with Gasteiger partial charge in [-0.1, -0.05) is 24.3 Å². The summed E-state index contributed by atoms with van der Waals surface area (Å²) in [5, 5.41) is 11.5. The van der Waals surface area contributed by atoms with Gasteiger partial charge in [-0.05, 0) is 24.1 Å². The second kappa shape index (κ2) is 4.49. The van der Waals surface area contributed by atoms with Crippen LogP contribution >= 0.6 is 0 Å². The van der Waals surface area contributed by atoms with Crippen LogP contribution in [0.1, 0.15) is 30.6 Å². The Kier molecular flexibility index (Phi) is 2.70. The maximum absolute atomic E-state index is 10.1. The van der Waals surface area contributed by atoms with E-state index in [1.807, 2.05) is 0 Å². The average Bonchev–Trinajstić information content (AvgIpc) is 2.92. The van der Waals surface area contributed by atoms with Gasteiger partial charge in [0.15, 0.2) is 0 Å². The van der Waals surface area contributed by atoms with Crippen LogP contribution < -0.4 is 0 Å². The quantitative estimate of drug-likeness (QED) is 0.616. The first-order chi connectivity index (χ1) is 11.2. The molecule has 1 aromatic carbocycles. The third-order valence-corrected chi connectivity index (χ3v) is 7.13. The van der Waals surface area contributed by atoms with Crippen molar-refractivity contribution >= 4 is 10.9 Å². The highest BCUT2D eigenvalue weighted by Crippen LogP contribution is 2.57. The van der Waals surface area contributed by atoms with Gasteiger partial charge in [-0.2, -0.15) is 0 Å². The van der Waals surface area contributed by atoms with E-state index >= 15 is 0 Å². The van der Waals surface area contributed by atoms with Crippen molar-refractivity contribution in [3.63, 3.8) is 0 Å². The van der Waals surface area contributed by atoms with Gasteiger partial charge in [0.2, 0.25) is 0 Å². The number of rotatable bonds is 1. The normalized spacial score (nSPS) is 39.9. The Morgan fingerprint density at radius 3 is 2.96 bits per heavy atom. The molecule has 0 radical (unpaired) electrons. The van der Waals surface area contributed by atoms with Crippen molar-refractivity contribution in [3.8, 4) is 0 Å². The number of aromatic amines is 1. The maximum Gasteiger partial charge on any atom is 0.131 e. The van der Waals surface area contributed by atoms with Crippen molar-refractivity contribution in [2.24, 2.45) is 11.8 Å². The molecule has 0 amide bonds. The number of likely N-dealkylation sites (N-methyl/N-ethyl adjacent to an activating group) is 1. The van der Waals surface area contributed by atoms with Gasteiger partial charge in [0, 0.05) is 35.6 Å². The predicted octanol–water partition coefficient (Wildman–Crippen LogP) is 3.17. The first-order valence-electron chi connectivity index (χ1n) is 8.87. The molecule has 1 unspecified atom stereocenters. The molecule has 6 rings (SSSR count). The smallest absolute Gasteiger partial charge is 0.131 e. The number of para-hydroxylation sites is 1. The van der Waals surface area contributed by atoms with Crippen LogP contribution in [0, 0.1) is 11.8 Å². The van der Waals surface area contributed by atoms with Crippen LogP contribution in [-0.2, 0) is 6.42 Å². The van der Waals surface area contributed by atoms with Crippen LogP contribution in [0.3, 0.4) is 0 Å². The Bertz CT molecular complexity index is 820. The van der Waals surface area contributed by atoms with Crippen molar-refractivity contribution in [1.82, 2.24) is 4.98 Å². The molecule has 1 aromatic heterocycles. The molecular weight excluding hydrogens is 284 g/mol. The van der Waals surface area contributed by atoms with Gasteiger partial charge in [0.05, 0.1) is 25.4 Å². The number of quaternary nitrogens is 1. The molecule has 0 spiro atoms. The van der Waals surface area contributed by atoms with E-state index in [-0.39, 0.29) is 0 Å². The van der Waals surface area contributed by atoms with Crippen molar-refractivity contribution in [2.45, 2.75) is 31.8 Å². The first kappa shape index (κ1) is 13.8.